The Morgan fingerprint density at radius 2 is 1.80 bits per heavy atom. The average Bonchev–Trinajstić information content (AvgIpc) is 3.11. The number of phenols is 2. The largest absolute Gasteiger partial charge is 0.507 e. The molecule has 3 N–H and O–H groups in total. The molecule has 1 aliphatic rings. The molecule has 1 amide bonds. The molecule has 0 heterocycles. The van der Waals surface area contributed by atoms with Crippen LogP contribution in [0.2, 0.25) is 0 Å². The maximum Gasteiger partial charge on any atom is 0.342 e. The van der Waals surface area contributed by atoms with Gasteiger partial charge < -0.3 is 20.3 Å². The van der Waals surface area contributed by atoms with Gasteiger partial charge in [0.2, 0.25) is 0 Å². The van der Waals surface area contributed by atoms with E-state index in [4.69, 9.17) is 4.74 Å². The molecule has 6 nitrogen and oxygen atoms in total. The van der Waals surface area contributed by atoms with E-state index in [1.807, 2.05) is 0 Å². The molecule has 3 rings (SSSR count). The smallest absolute Gasteiger partial charge is 0.342 e. The molecule has 0 saturated heterocycles. The van der Waals surface area contributed by atoms with E-state index in [9.17, 15) is 19.8 Å². The van der Waals surface area contributed by atoms with Gasteiger partial charge in [-0.3, -0.25) is 4.79 Å². The average molecular weight is 343 g/mol. The number of benzene rings is 2. The first kappa shape index (κ1) is 17.1. The Balaban J connectivity index is 1.75. The molecule has 25 heavy (non-hydrogen) atoms. The van der Waals surface area contributed by atoms with Crippen molar-refractivity contribution in [2.45, 2.75) is 44.8 Å². The number of esters is 1. The van der Waals surface area contributed by atoms with Gasteiger partial charge in [-0.05, 0) is 25.8 Å². The molecule has 1 atom stereocenters. The summed E-state index contributed by atoms with van der Waals surface area (Å²) >= 11 is 0. The summed E-state index contributed by atoms with van der Waals surface area (Å²) in [5.41, 5.74) is -0.170. The molecule has 0 unspecified atom stereocenters. The van der Waals surface area contributed by atoms with Gasteiger partial charge in [-0.25, -0.2) is 4.79 Å². The number of fused-ring (bicyclic) bond motifs is 1. The van der Waals surface area contributed by atoms with Crippen molar-refractivity contribution in [3.8, 4) is 11.5 Å². The zero-order chi connectivity index (χ0) is 18.0. The summed E-state index contributed by atoms with van der Waals surface area (Å²) < 4.78 is 5.17. The fourth-order valence-corrected chi connectivity index (χ4v) is 3.16. The minimum absolute atomic E-state index is 0.131. The SMILES string of the molecule is C[C@@H](OC(=O)c1cc(O)c2ccccc2c1O)C(=O)NC1CCCC1. The van der Waals surface area contributed by atoms with Crippen LogP contribution < -0.4 is 5.32 Å². The molecule has 1 fully saturated rings. The van der Waals surface area contributed by atoms with Gasteiger partial charge in [0.1, 0.15) is 17.1 Å². The van der Waals surface area contributed by atoms with Crippen molar-refractivity contribution < 1.29 is 24.5 Å². The van der Waals surface area contributed by atoms with E-state index in [2.05, 4.69) is 5.32 Å². The highest BCUT2D eigenvalue weighted by Gasteiger charge is 2.25. The Hall–Kier alpha value is -2.76. The maximum atomic E-state index is 12.3. The molecule has 0 aromatic heterocycles. The molecular weight excluding hydrogens is 322 g/mol. The lowest BCUT2D eigenvalue weighted by atomic mass is 10.0. The third-order valence-electron chi connectivity index (χ3n) is 4.57. The molecule has 0 bridgehead atoms. The van der Waals surface area contributed by atoms with Gasteiger partial charge in [0.15, 0.2) is 6.10 Å². The number of hydrogen-bond acceptors (Lipinski definition) is 5. The lowest BCUT2D eigenvalue weighted by Gasteiger charge is -2.17. The summed E-state index contributed by atoms with van der Waals surface area (Å²) in [6, 6.07) is 7.92. The van der Waals surface area contributed by atoms with Crippen molar-refractivity contribution in [2.75, 3.05) is 0 Å². The first-order chi connectivity index (χ1) is 12.0. The predicted octanol–water partition coefficient (Wildman–Crippen LogP) is 2.86. The molecule has 6 heteroatoms. The van der Waals surface area contributed by atoms with Crippen molar-refractivity contribution in [1.29, 1.82) is 0 Å². The van der Waals surface area contributed by atoms with Crippen molar-refractivity contribution in [3.05, 3.63) is 35.9 Å². The highest BCUT2D eigenvalue weighted by atomic mass is 16.5. The van der Waals surface area contributed by atoms with Crippen molar-refractivity contribution in [2.24, 2.45) is 0 Å². The van der Waals surface area contributed by atoms with Gasteiger partial charge >= 0.3 is 5.97 Å². The maximum absolute atomic E-state index is 12.3. The fourth-order valence-electron chi connectivity index (χ4n) is 3.16. The standard InChI is InChI=1S/C19H21NO5/c1-11(18(23)20-12-6-2-3-7-12)25-19(24)15-10-16(21)13-8-4-5-9-14(13)17(15)22/h4-5,8-12,21-22H,2-3,6-7H2,1H3,(H,20,23)/t11-/m1/s1. The van der Waals surface area contributed by atoms with Gasteiger partial charge in [-0.2, -0.15) is 0 Å². The number of phenolic OH excluding ortho intramolecular Hbond substituents is 2. The third kappa shape index (κ3) is 3.52. The predicted molar refractivity (Wildman–Crippen MR) is 92.6 cm³/mol. The normalized spacial score (nSPS) is 15.9. The number of nitrogens with one attached hydrogen (secondary N) is 1. The van der Waals surface area contributed by atoms with Crippen LogP contribution in [-0.2, 0) is 9.53 Å². The lowest BCUT2D eigenvalue weighted by Crippen LogP contribution is -2.40. The first-order valence-electron chi connectivity index (χ1n) is 8.42. The minimum Gasteiger partial charge on any atom is -0.507 e. The van der Waals surface area contributed by atoms with Crippen LogP contribution in [-0.4, -0.2) is 34.2 Å². The van der Waals surface area contributed by atoms with Crippen LogP contribution in [0.15, 0.2) is 30.3 Å². The van der Waals surface area contributed by atoms with Gasteiger partial charge in [-0.15, -0.1) is 0 Å². The number of hydrogen-bond donors (Lipinski definition) is 3. The molecule has 2 aromatic carbocycles. The Morgan fingerprint density at radius 3 is 2.48 bits per heavy atom. The van der Waals surface area contributed by atoms with E-state index in [1.54, 1.807) is 24.3 Å². The van der Waals surface area contributed by atoms with E-state index in [0.717, 1.165) is 31.7 Å². The second-order valence-corrected chi connectivity index (χ2v) is 6.37. The van der Waals surface area contributed by atoms with Crippen molar-refractivity contribution >= 4 is 22.6 Å². The van der Waals surface area contributed by atoms with Gasteiger partial charge in [0.05, 0.1) is 0 Å². The number of carbonyl (C=O) groups is 2. The van der Waals surface area contributed by atoms with Crippen LogP contribution >= 0.6 is 0 Å². The highest BCUT2D eigenvalue weighted by Crippen LogP contribution is 2.35. The monoisotopic (exact) mass is 343 g/mol. The second-order valence-electron chi connectivity index (χ2n) is 6.37. The highest BCUT2D eigenvalue weighted by molar-refractivity contribution is 6.04. The zero-order valence-corrected chi connectivity index (χ0v) is 14.0. The quantitative estimate of drug-likeness (QED) is 0.586. The van der Waals surface area contributed by atoms with E-state index in [1.165, 1.54) is 6.92 Å². The Bertz CT molecular complexity index is 811. The van der Waals surface area contributed by atoms with Crippen LogP contribution in [0, 0.1) is 0 Å². The molecular formula is C19H21NO5. The molecule has 2 aromatic rings. The Kier molecular flexibility index (Phi) is 4.79. The van der Waals surface area contributed by atoms with E-state index in [0.29, 0.717) is 10.8 Å². The van der Waals surface area contributed by atoms with Crippen LogP contribution in [0.3, 0.4) is 0 Å². The fraction of sp³-hybridized carbons (Fsp3) is 0.368. The number of amides is 1. The van der Waals surface area contributed by atoms with E-state index >= 15 is 0 Å². The summed E-state index contributed by atoms with van der Waals surface area (Å²) in [7, 11) is 0. The minimum atomic E-state index is -0.985. The molecule has 1 aliphatic carbocycles. The van der Waals surface area contributed by atoms with E-state index in [-0.39, 0.29) is 29.0 Å². The van der Waals surface area contributed by atoms with Gasteiger partial charge in [-0.1, -0.05) is 37.1 Å². The Morgan fingerprint density at radius 1 is 1.16 bits per heavy atom. The van der Waals surface area contributed by atoms with Crippen LogP contribution in [0.5, 0.6) is 11.5 Å². The summed E-state index contributed by atoms with van der Waals surface area (Å²) in [5.74, 6) is -1.62. The third-order valence-corrected chi connectivity index (χ3v) is 4.57. The summed E-state index contributed by atoms with van der Waals surface area (Å²) in [6.45, 7) is 1.49. The van der Waals surface area contributed by atoms with Gasteiger partial charge in [0, 0.05) is 16.8 Å². The first-order valence-corrected chi connectivity index (χ1v) is 8.42. The molecule has 132 valence electrons. The molecule has 0 spiro atoms. The molecule has 0 radical (unpaired) electrons. The lowest BCUT2D eigenvalue weighted by molar-refractivity contribution is -0.129. The summed E-state index contributed by atoms with van der Waals surface area (Å²) in [5, 5.41) is 24.0. The topological polar surface area (TPSA) is 95.9 Å². The molecule has 0 aliphatic heterocycles. The number of ether oxygens (including phenoxy) is 1. The zero-order valence-electron chi connectivity index (χ0n) is 14.0. The second kappa shape index (κ2) is 7.01. The van der Waals surface area contributed by atoms with Crippen molar-refractivity contribution in [3.63, 3.8) is 0 Å². The van der Waals surface area contributed by atoms with E-state index < -0.39 is 12.1 Å². The van der Waals surface area contributed by atoms with Crippen LogP contribution in [0.4, 0.5) is 0 Å². The Labute approximate surface area is 145 Å². The number of rotatable bonds is 4. The van der Waals surface area contributed by atoms with Crippen LogP contribution in [0.1, 0.15) is 43.0 Å². The number of aromatic hydroxyl groups is 2. The summed E-state index contributed by atoms with van der Waals surface area (Å²) in [6.07, 6.45) is 3.06. The summed E-state index contributed by atoms with van der Waals surface area (Å²) in [4.78, 5) is 24.5. The van der Waals surface area contributed by atoms with Crippen molar-refractivity contribution in [1.82, 2.24) is 5.32 Å². The van der Waals surface area contributed by atoms with Gasteiger partial charge in [0.25, 0.3) is 5.91 Å². The molecule has 1 saturated carbocycles. The number of carbonyl (C=O) groups excluding carboxylic acids is 2. The van der Waals surface area contributed by atoms with Crippen LogP contribution in [0.25, 0.3) is 10.8 Å².